The summed E-state index contributed by atoms with van der Waals surface area (Å²) in [5, 5.41) is 0. The van der Waals surface area contributed by atoms with E-state index in [0.29, 0.717) is 0 Å². The van der Waals surface area contributed by atoms with E-state index >= 15 is 0 Å². The molecule has 2 heteroatoms. The third kappa shape index (κ3) is 0.664. The summed E-state index contributed by atoms with van der Waals surface area (Å²) in [6.07, 6.45) is 8.48. The summed E-state index contributed by atoms with van der Waals surface area (Å²) < 4.78 is 0. The van der Waals surface area contributed by atoms with Crippen molar-refractivity contribution >= 4 is 11.6 Å². The fourth-order valence-electron chi connectivity index (χ4n) is 3.46. The maximum Gasteiger partial charge on any atom is 0.206 e. The van der Waals surface area contributed by atoms with Gasteiger partial charge in [0, 0.05) is 0 Å². The van der Waals surface area contributed by atoms with Gasteiger partial charge in [-0.3, -0.25) is 9.59 Å². The van der Waals surface area contributed by atoms with Crippen LogP contribution in [0.1, 0.15) is 25.7 Å². The van der Waals surface area contributed by atoms with Crippen molar-refractivity contribution in [2.24, 2.45) is 17.3 Å². The van der Waals surface area contributed by atoms with Crippen molar-refractivity contribution in [2.45, 2.75) is 25.7 Å². The molecule has 2 nitrogen and oxygen atoms in total. The summed E-state index contributed by atoms with van der Waals surface area (Å²) in [6.45, 7) is 0. The first kappa shape index (κ1) is 7.48. The Kier molecular flexibility index (Phi) is 1.22. The van der Waals surface area contributed by atoms with Crippen molar-refractivity contribution in [3.8, 4) is 0 Å². The number of rotatable bonds is 0. The van der Waals surface area contributed by atoms with E-state index in [1.807, 2.05) is 12.2 Å². The second-order valence-corrected chi connectivity index (χ2v) is 4.51. The first-order valence-corrected chi connectivity index (χ1v) is 5.02. The number of hydrogen-bond donors (Lipinski definition) is 0. The first-order chi connectivity index (χ1) is 6.26. The largest absolute Gasteiger partial charge is 0.290 e. The Labute approximate surface area is 77.0 Å². The van der Waals surface area contributed by atoms with Gasteiger partial charge in [-0.05, 0) is 18.3 Å². The lowest BCUT2D eigenvalue weighted by Gasteiger charge is -2.26. The highest BCUT2D eigenvalue weighted by Crippen LogP contribution is 2.59. The maximum atomic E-state index is 11.5. The SMILES string of the molecule is O=C1C(=O)C2C=CC1C21CCCC1. The molecule has 0 saturated heterocycles. The molecule has 3 rings (SSSR count). The number of allylic oxidation sites excluding steroid dienone is 2. The second-order valence-electron chi connectivity index (χ2n) is 4.51. The highest BCUT2D eigenvalue weighted by Gasteiger charge is 2.61. The number of hydrogen-bond acceptors (Lipinski definition) is 2. The quantitative estimate of drug-likeness (QED) is 0.414. The predicted molar refractivity (Wildman–Crippen MR) is 47.0 cm³/mol. The molecule has 2 saturated carbocycles. The summed E-state index contributed by atoms with van der Waals surface area (Å²) in [6, 6.07) is 0. The summed E-state index contributed by atoms with van der Waals surface area (Å²) in [4.78, 5) is 23.1. The van der Waals surface area contributed by atoms with E-state index < -0.39 is 0 Å². The molecular formula is C11H12O2. The molecule has 2 atom stereocenters. The van der Waals surface area contributed by atoms with Gasteiger partial charge < -0.3 is 0 Å². The summed E-state index contributed by atoms with van der Waals surface area (Å²) in [5.74, 6) is -0.330. The van der Waals surface area contributed by atoms with E-state index in [1.165, 1.54) is 12.8 Å². The van der Waals surface area contributed by atoms with E-state index in [1.54, 1.807) is 0 Å². The van der Waals surface area contributed by atoms with Gasteiger partial charge in [0.1, 0.15) is 0 Å². The lowest BCUT2D eigenvalue weighted by Crippen LogP contribution is -2.24. The van der Waals surface area contributed by atoms with Crippen molar-refractivity contribution in [1.29, 1.82) is 0 Å². The average molecular weight is 176 g/mol. The summed E-state index contributed by atoms with van der Waals surface area (Å²) in [5.41, 5.74) is 0.0498. The van der Waals surface area contributed by atoms with Crippen LogP contribution in [-0.2, 0) is 9.59 Å². The average Bonchev–Trinajstić information content (AvgIpc) is 2.76. The normalized spacial score (nSPS) is 39.7. The Morgan fingerprint density at radius 3 is 1.92 bits per heavy atom. The molecule has 68 valence electrons. The van der Waals surface area contributed by atoms with Crippen LogP contribution in [0, 0.1) is 17.3 Å². The number of ketones is 2. The third-order valence-corrected chi connectivity index (χ3v) is 4.08. The van der Waals surface area contributed by atoms with Gasteiger partial charge in [-0.25, -0.2) is 0 Å². The van der Waals surface area contributed by atoms with Gasteiger partial charge in [-0.15, -0.1) is 0 Å². The standard InChI is InChI=1S/C11H12O2/c12-9-7-3-4-8(10(9)13)11(7)5-1-2-6-11/h3-4,7-8H,1-2,5-6H2. The molecule has 0 aromatic carbocycles. The van der Waals surface area contributed by atoms with Gasteiger partial charge in [0.05, 0.1) is 11.8 Å². The minimum absolute atomic E-state index is 0.0486. The van der Waals surface area contributed by atoms with Crippen LogP contribution < -0.4 is 0 Å². The fourth-order valence-corrected chi connectivity index (χ4v) is 3.46. The monoisotopic (exact) mass is 176 g/mol. The highest BCUT2D eigenvalue weighted by molar-refractivity contribution is 6.43. The Balaban J connectivity index is 2.11. The molecule has 0 radical (unpaired) electrons. The molecule has 0 N–H and O–H groups in total. The lowest BCUT2D eigenvalue weighted by molar-refractivity contribution is -0.136. The first-order valence-electron chi connectivity index (χ1n) is 5.02. The van der Waals surface area contributed by atoms with Gasteiger partial charge in [-0.2, -0.15) is 0 Å². The van der Waals surface area contributed by atoms with E-state index in [0.717, 1.165) is 12.8 Å². The summed E-state index contributed by atoms with van der Waals surface area (Å²) in [7, 11) is 0. The van der Waals surface area contributed by atoms with Crippen molar-refractivity contribution in [1.82, 2.24) is 0 Å². The van der Waals surface area contributed by atoms with Gasteiger partial charge >= 0.3 is 0 Å². The van der Waals surface area contributed by atoms with E-state index in [-0.39, 0.29) is 28.8 Å². The van der Waals surface area contributed by atoms with E-state index in [4.69, 9.17) is 0 Å². The Morgan fingerprint density at radius 1 is 1.00 bits per heavy atom. The van der Waals surface area contributed by atoms with Crippen LogP contribution >= 0.6 is 0 Å². The minimum atomic E-state index is -0.116. The molecule has 0 amide bonds. The van der Waals surface area contributed by atoms with Crippen LogP contribution in [0.15, 0.2) is 12.2 Å². The molecule has 0 heterocycles. The molecule has 0 aliphatic heterocycles. The maximum absolute atomic E-state index is 11.5. The molecule has 3 aliphatic rings. The van der Waals surface area contributed by atoms with Crippen molar-refractivity contribution < 1.29 is 9.59 Å². The molecule has 0 aromatic rings. The van der Waals surface area contributed by atoms with Gasteiger partial charge in [0.2, 0.25) is 11.6 Å². The predicted octanol–water partition coefficient (Wildman–Crippen LogP) is 1.50. The molecule has 2 unspecified atom stereocenters. The third-order valence-electron chi connectivity index (χ3n) is 4.08. The van der Waals surface area contributed by atoms with Crippen molar-refractivity contribution in [3.63, 3.8) is 0 Å². The Hall–Kier alpha value is -0.920. The number of carbonyl (C=O) groups is 2. The molecule has 13 heavy (non-hydrogen) atoms. The Bertz CT molecular complexity index is 295. The topological polar surface area (TPSA) is 34.1 Å². The van der Waals surface area contributed by atoms with Crippen LogP contribution in [-0.4, -0.2) is 11.6 Å². The van der Waals surface area contributed by atoms with E-state index in [2.05, 4.69) is 0 Å². The van der Waals surface area contributed by atoms with E-state index in [9.17, 15) is 9.59 Å². The van der Waals surface area contributed by atoms with Crippen molar-refractivity contribution in [2.75, 3.05) is 0 Å². The van der Waals surface area contributed by atoms with Crippen LogP contribution in [0.2, 0.25) is 0 Å². The van der Waals surface area contributed by atoms with Crippen LogP contribution in [0.3, 0.4) is 0 Å². The van der Waals surface area contributed by atoms with Gasteiger partial charge in [0.25, 0.3) is 0 Å². The molecule has 1 spiro atoms. The number of Topliss-reactive ketones (excluding diaryl/α,β-unsaturated/α-hetero) is 2. The van der Waals surface area contributed by atoms with Crippen LogP contribution in [0.25, 0.3) is 0 Å². The zero-order chi connectivity index (χ0) is 9.05. The van der Waals surface area contributed by atoms with Crippen LogP contribution in [0.5, 0.6) is 0 Å². The van der Waals surface area contributed by atoms with Gasteiger partial charge in [-0.1, -0.05) is 25.0 Å². The minimum Gasteiger partial charge on any atom is -0.290 e. The van der Waals surface area contributed by atoms with Gasteiger partial charge in [0.15, 0.2) is 0 Å². The Morgan fingerprint density at radius 2 is 1.46 bits per heavy atom. The van der Waals surface area contributed by atoms with Crippen LogP contribution in [0.4, 0.5) is 0 Å². The lowest BCUT2D eigenvalue weighted by atomic mass is 9.75. The smallest absolute Gasteiger partial charge is 0.206 e. The molecule has 2 bridgehead atoms. The zero-order valence-electron chi connectivity index (χ0n) is 7.45. The molecule has 0 aromatic heterocycles. The van der Waals surface area contributed by atoms with Crippen molar-refractivity contribution in [3.05, 3.63) is 12.2 Å². The molecule has 2 fully saturated rings. The number of carbonyl (C=O) groups excluding carboxylic acids is 2. The highest BCUT2D eigenvalue weighted by atomic mass is 16.2. The molecule has 3 aliphatic carbocycles. The second kappa shape index (κ2) is 2.11. The fraction of sp³-hybridized carbons (Fsp3) is 0.636. The summed E-state index contributed by atoms with van der Waals surface area (Å²) >= 11 is 0. The molecular weight excluding hydrogens is 164 g/mol. The zero-order valence-corrected chi connectivity index (χ0v) is 7.45.